The first-order chi connectivity index (χ1) is 9.58. The number of benzene rings is 1. The summed E-state index contributed by atoms with van der Waals surface area (Å²) in [6.45, 7) is 6.46. The molecule has 3 heteroatoms. The average Bonchev–Trinajstić information content (AvgIpc) is 2.45. The second-order valence-electron chi connectivity index (χ2n) is 5.48. The van der Waals surface area contributed by atoms with E-state index in [1.165, 1.54) is 31.2 Å². The van der Waals surface area contributed by atoms with E-state index in [9.17, 15) is 0 Å². The van der Waals surface area contributed by atoms with Crippen molar-refractivity contribution in [2.24, 2.45) is 0 Å². The van der Waals surface area contributed by atoms with Crippen molar-refractivity contribution >= 4 is 11.6 Å². The van der Waals surface area contributed by atoms with E-state index in [4.69, 9.17) is 16.3 Å². The van der Waals surface area contributed by atoms with E-state index in [1.807, 2.05) is 19.2 Å². The summed E-state index contributed by atoms with van der Waals surface area (Å²) in [4.78, 5) is 0. The van der Waals surface area contributed by atoms with Crippen LogP contribution in [-0.4, -0.2) is 13.2 Å². The van der Waals surface area contributed by atoms with E-state index in [1.54, 1.807) is 0 Å². The molecule has 1 aromatic rings. The smallest absolute Gasteiger partial charge is 0.138 e. The van der Waals surface area contributed by atoms with Crippen molar-refractivity contribution in [3.63, 3.8) is 0 Å². The molecule has 20 heavy (non-hydrogen) atoms. The number of hydrogen-bond donors (Lipinski definition) is 1. The first kappa shape index (κ1) is 17.3. The lowest BCUT2D eigenvalue weighted by atomic mass is 10.1. The lowest BCUT2D eigenvalue weighted by Crippen LogP contribution is -2.14. The van der Waals surface area contributed by atoms with Crippen molar-refractivity contribution in [1.29, 1.82) is 0 Å². The van der Waals surface area contributed by atoms with Crippen LogP contribution in [0.15, 0.2) is 18.2 Å². The van der Waals surface area contributed by atoms with Crippen LogP contribution in [0.25, 0.3) is 0 Å². The minimum absolute atomic E-state index is 0.219. The quantitative estimate of drug-likeness (QED) is 0.620. The van der Waals surface area contributed by atoms with Crippen molar-refractivity contribution in [1.82, 2.24) is 5.32 Å². The standard InChI is InChI=1S/C17H28ClNO/c1-5-6-7-8-9-13(2)20-17-11-10-15(12-16(17)18)14(3)19-4/h10-14,19H,5-9H2,1-4H3. The van der Waals surface area contributed by atoms with Gasteiger partial charge in [-0.05, 0) is 51.4 Å². The van der Waals surface area contributed by atoms with Crippen molar-refractivity contribution in [3.05, 3.63) is 28.8 Å². The largest absolute Gasteiger partial charge is 0.489 e. The zero-order valence-corrected chi connectivity index (χ0v) is 14.0. The van der Waals surface area contributed by atoms with E-state index in [-0.39, 0.29) is 6.10 Å². The third-order valence-corrected chi connectivity index (χ3v) is 3.98. The molecule has 0 aliphatic heterocycles. The van der Waals surface area contributed by atoms with Gasteiger partial charge in [0, 0.05) is 6.04 Å². The summed E-state index contributed by atoms with van der Waals surface area (Å²) in [5.41, 5.74) is 1.18. The molecule has 2 unspecified atom stereocenters. The highest BCUT2D eigenvalue weighted by molar-refractivity contribution is 6.32. The first-order valence-corrected chi connectivity index (χ1v) is 8.09. The average molecular weight is 298 g/mol. The van der Waals surface area contributed by atoms with Crippen molar-refractivity contribution in [3.8, 4) is 5.75 Å². The van der Waals surface area contributed by atoms with Crippen LogP contribution in [0.3, 0.4) is 0 Å². The Morgan fingerprint density at radius 3 is 2.55 bits per heavy atom. The third kappa shape index (κ3) is 5.72. The molecule has 0 amide bonds. The third-order valence-electron chi connectivity index (χ3n) is 3.68. The van der Waals surface area contributed by atoms with Gasteiger partial charge in [0.25, 0.3) is 0 Å². The molecule has 114 valence electrons. The van der Waals surface area contributed by atoms with Gasteiger partial charge < -0.3 is 10.1 Å². The van der Waals surface area contributed by atoms with Gasteiger partial charge in [-0.25, -0.2) is 0 Å². The van der Waals surface area contributed by atoms with Gasteiger partial charge >= 0.3 is 0 Å². The number of rotatable bonds is 9. The number of ether oxygens (including phenoxy) is 1. The molecule has 2 atom stereocenters. The van der Waals surface area contributed by atoms with Crippen LogP contribution < -0.4 is 10.1 Å². The van der Waals surface area contributed by atoms with Gasteiger partial charge in [0.2, 0.25) is 0 Å². The van der Waals surface area contributed by atoms with Crippen LogP contribution >= 0.6 is 11.6 Å². The molecule has 1 aromatic carbocycles. The van der Waals surface area contributed by atoms with Crippen molar-refractivity contribution < 1.29 is 4.74 Å². The molecule has 0 radical (unpaired) electrons. The summed E-state index contributed by atoms with van der Waals surface area (Å²) >= 11 is 6.31. The van der Waals surface area contributed by atoms with E-state index < -0.39 is 0 Å². The van der Waals surface area contributed by atoms with E-state index in [2.05, 4.69) is 32.2 Å². The molecule has 0 saturated heterocycles. The molecule has 0 fully saturated rings. The van der Waals surface area contributed by atoms with E-state index in [0.717, 1.165) is 12.2 Å². The van der Waals surface area contributed by atoms with Crippen molar-refractivity contribution in [2.75, 3.05) is 7.05 Å². The molecule has 0 aliphatic carbocycles. The van der Waals surface area contributed by atoms with Crippen LogP contribution in [0.1, 0.15) is 64.5 Å². The lowest BCUT2D eigenvalue weighted by molar-refractivity contribution is 0.206. The number of nitrogens with one attached hydrogen (secondary N) is 1. The van der Waals surface area contributed by atoms with Crippen LogP contribution in [0.4, 0.5) is 0 Å². The maximum absolute atomic E-state index is 6.31. The molecule has 0 saturated carbocycles. The highest BCUT2D eigenvalue weighted by Crippen LogP contribution is 2.29. The molecule has 1 rings (SSSR count). The normalized spacial score (nSPS) is 14.1. The van der Waals surface area contributed by atoms with Gasteiger partial charge in [-0.15, -0.1) is 0 Å². The fraction of sp³-hybridized carbons (Fsp3) is 0.647. The summed E-state index contributed by atoms with van der Waals surface area (Å²) in [5.74, 6) is 0.793. The van der Waals surface area contributed by atoms with Crippen LogP contribution in [0.2, 0.25) is 5.02 Å². The fourth-order valence-electron chi connectivity index (χ4n) is 2.18. The molecule has 1 N–H and O–H groups in total. The summed E-state index contributed by atoms with van der Waals surface area (Å²) in [6, 6.07) is 6.34. The van der Waals surface area contributed by atoms with E-state index in [0.29, 0.717) is 11.1 Å². The number of unbranched alkanes of at least 4 members (excludes halogenated alkanes) is 3. The van der Waals surface area contributed by atoms with Gasteiger partial charge in [-0.3, -0.25) is 0 Å². The van der Waals surface area contributed by atoms with Gasteiger partial charge in [0.15, 0.2) is 0 Å². The summed E-state index contributed by atoms with van der Waals surface area (Å²) < 4.78 is 5.94. The van der Waals surface area contributed by atoms with Gasteiger partial charge in [0.05, 0.1) is 11.1 Å². The maximum atomic E-state index is 6.31. The molecule has 0 spiro atoms. The second-order valence-corrected chi connectivity index (χ2v) is 5.89. The first-order valence-electron chi connectivity index (χ1n) is 7.71. The molecule has 0 heterocycles. The Morgan fingerprint density at radius 2 is 1.95 bits per heavy atom. The Labute approximate surface area is 128 Å². The minimum atomic E-state index is 0.219. The zero-order chi connectivity index (χ0) is 15.0. The Bertz CT molecular complexity index is 395. The number of hydrogen-bond acceptors (Lipinski definition) is 2. The summed E-state index contributed by atoms with van der Waals surface area (Å²) in [5, 5.41) is 3.91. The predicted octanol–water partition coefficient (Wildman–Crippen LogP) is 5.36. The lowest BCUT2D eigenvalue weighted by Gasteiger charge is -2.17. The highest BCUT2D eigenvalue weighted by Gasteiger charge is 2.10. The minimum Gasteiger partial charge on any atom is -0.489 e. The summed E-state index contributed by atoms with van der Waals surface area (Å²) in [7, 11) is 1.95. The molecule has 0 aromatic heterocycles. The van der Waals surface area contributed by atoms with Crippen LogP contribution in [0.5, 0.6) is 5.75 Å². The SMILES string of the molecule is CCCCCCC(C)Oc1ccc(C(C)NC)cc1Cl. The van der Waals surface area contributed by atoms with Crippen molar-refractivity contribution in [2.45, 2.75) is 65.0 Å². The molecule has 2 nitrogen and oxygen atoms in total. The molecule has 0 bridgehead atoms. The Balaban J connectivity index is 2.51. The second kappa shape index (κ2) is 9.25. The monoisotopic (exact) mass is 297 g/mol. The van der Waals surface area contributed by atoms with Gasteiger partial charge in [0.1, 0.15) is 5.75 Å². The Hall–Kier alpha value is -0.730. The van der Waals surface area contributed by atoms with Gasteiger partial charge in [-0.2, -0.15) is 0 Å². The topological polar surface area (TPSA) is 21.3 Å². The fourth-order valence-corrected chi connectivity index (χ4v) is 2.42. The van der Waals surface area contributed by atoms with Crippen LogP contribution in [0, 0.1) is 0 Å². The molecule has 0 aliphatic rings. The van der Waals surface area contributed by atoms with E-state index >= 15 is 0 Å². The summed E-state index contributed by atoms with van der Waals surface area (Å²) in [6.07, 6.45) is 6.40. The number of halogens is 1. The highest BCUT2D eigenvalue weighted by atomic mass is 35.5. The van der Waals surface area contributed by atoms with Crippen LogP contribution in [-0.2, 0) is 0 Å². The maximum Gasteiger partial charge on any atom is 0.138 e. The Morgan fingerprint density at radius 1 is 1.20 bits per heavy atom. The zero-order valence-electron chi connectivity index (χ0n) is 13.2. The Kier molecular flexibility index (Phi) is 8.01. The molecular weight excluding hydrogens is 270 g/mol. The predicted molar refractivity (Wildman–Crippen MR) is 87.8 cm³/mol. The van der Waals surface area contributed by atoms with Gasteiger partial charge in [-0.1, -0.05) is 43.9 Å². The molecular formula is C17H28ClNO.